The molecule has 1 aromatic rings. The van der Waals surface area contributed by atoms with Crippen LogP contribution in [0.4, 0.5) is 0 Å². The van der Waals surface area contributed by atoms with E-state index in [1.807, 2.05) is 32.3 Å². The summed E-state index contributed by atoms with van der Waals surface area (Å²) in [6.45, 7) is 10.2. The van der Waals surface area contributed by atoms with E-state index in [9.17, 15) is 9.59 Å². The van der Waals surface area contributed by atoms with E-state index in [1.165, 1.54) is 0 Å². The molecule has 6 nitrogen and oxygen atoms in total. The molecule has 128 valence electrons. The average Bonchev–Trinajstić information content (AvgIpc) is 2.90. The molecule has 0 atom stereocenters. The van der Waals surface area contributed by atoms with Gasteiger partial charge in [-0.2, -0.15) is 0 Å². The number of aromatic nitrogens is 2. The third-order valence-corrected chi connectivity index (χ3v) is 3.88. The first kappa shape index (κ1) is 17.5. The Bertz CT molecular complexity index is 527. The Morgan fingerprint density at radius 2 is 1.65 bits per heavy atom. The van der Waals surface area contributed by atoms with Crippen LogP contribution in [0, 0.1) is 11.8 Å². The van der Waals surface area contributed by atoms with Crippen LogP contribution in [0.1, 0.15) is 67.3 Å². The summed E-state index contributed by atoms with van der Waals surface area (Å²) in [5.41, 5.74) is 1.31. The van der Waals surface area contributed by atoms with Crippen molar-refractivity contribution < 1.29 is 9.59 Å². The quantitative estimate of drug-likeness (QED) is 0.841. The Morgan fingerprint density at radius 3 is 2.26 bits per heavy atom. The molecule has 1 aliphatic heterocycles. The molecule has 0 fully saturated rings. The summed E-state index contributed by atoms with van der Waals surface area (Å²) in [6, 6.07) is 0. The minimum absolute atomic E-state index is 0.174. The van der Waals surface area contributed by atoms with E-state index in [1.54, 1.807) is 0 Å². The average molecular weight is 320 g/mol. The van der Waals surface area contributed by atoms with E-state index >= 15 is 0 Å². The third kappa shape index (κ3) is 4.33. The van der Waals surface area contributed by atoms with Crippen LogP contribution in [0.5, 0.6) is 0 Å². The Labute approximate surface area is 138 Å². The summed E-state index contributed by atoms with van der Waals surface area (Å²) >= 11 is 0. The van der Waals surface area contributed by atoms with Crippen molar-refractivity contribution >= 4 is 11.8 Å². The van der Waals surface area contributed by atoms with Gasteiger partial charge < -0.3 is 15.2 Å². The lowest BCUT2D eigenvalue weighted by molar-refractivity contribution is 0.0933. The molecule has 2 N–H and O–H groups in total. The molecule has 0 aliphatic carbocycles. The Kier molecular flexibility index (Phi) is 5.80. The van der Waals surface area contributed by atoms with Gasteiger partial charge in [0.05, 0.1) is 5.69 Å². The summed E-state index contributed by atoms with van der Waals surface area (Å²) in [5, 5.41) is 5.80. The maximum atomic E-state index is 12.4. The van der Waals surface area contributed by atoms with Crippen molar-refractivity contribution in [3.05, 3.63) is 17.2 Å². The second-order valence-electron chi connectivity index (χ2n) is 7.05. The molecule has 2 rings (SSSR count). The standard InChI is InChI=1S/C17H28N4O2/c1-11(2)9-18-16(22)14-13-7-5-6-8-21(13)15(20-14)17(23)19-10-12(3)4/h11-12H,5-10H2,1-4H3,(H,18,22)(H,19,23). The van der Waals surface area contributed by atoms with E-state index in [0.29, 0.717) is 36.4 Å². The van der Waals surface area contributed by atoms with Gasteiger partial charge in [0.25, 0.3) is 11.8 Å². The fraction of sp³-hybridized carbons (Fsp3) is 0.706. The maximum Gasteiger partial charge on any atom is 0.287 e. The zero-order chi connectivity index (χ0) is 17.0. The molecule has 2 heterocycles. The second kappa shape index (κ2) is 7.62. The summed E-state index contributed by atoms with van der Waals surface area (Å²) in [5.74, 6) is 0.766. The molecule has 23 heavy (non-hydrogen) atoms. The normalized spacial score (nSPS) is 14.0. The predicted molar refractivity (Wildman–Crippen MR) is 89.5 cm³/mol. The Balaban J connectivity index is 2.23. The van der Waals surface area contributed by atoms with Crippen molar-refractivity contribution in [3.8, 4) is 0 Å². The number of fused-ring (bicyclic) bond motifs is 1. The van der Waals surface area contributed by atoms with E-state index in [-0.39, 0.29) is 11.8 Å². The first-order chi connectivity index (χ1) is 10.9. The number of rotatable bonds is 6. The van der Waals surface area contributed by atoms with Crippen LogP contribution in [0.15, 0.2) is 0 Å². The molecule has 2 amide bonds. The minimum Gasteiger partial charge on any atom is -0.350 e. The number of imidazole rings is 1. The molecule has 0 unspecified atom stereocenters. The van der Waals surface area contributed by atoms with Crippen molar-refractivity contribution in [2.24, 2.45) is 11.8 Å². The lowest BCUT2D eigenvalue weighted by atomic mass is 10.1. The molecule has 0 radical (unpaired) electrons. The Hall–Kier alpha value is -1.85. The van der Waals surface area contributed by atoms with Crippen LogP contribution in [0.2, 0.25) is 0 Å². The molecule has 0 spiro atoms. The highest BCUT2D eigenvalue weighted by molar-refractivity contribution is 5.97. The highest BCUT2D eigenvalue weighted by Gasteiger charge is 2.27. The monoisotopic (exact) mass is 320 g/mol. The van der Waals surface area contributed by atoms with Crippen molar-refractivity contribution in [2.45, 2.75) is 53.5 Å². The molecule has 1 aliphatic rings. The van der Waals surface area contributed by atoms with Crippen LogP contribution in [-0.4, -0.2) is 34.5 Å². The lowest BCUT2D eigenvalue weighted by Gasteiger charge is -2.17. The van der Waals surface area contributed by atoms with Gasteiger partial charge in [0.2, 0.25) is 0 Å². The van der Waals surface area contributed by atoms with Crippen LogP contribution >= 0.6 is 0 Å². The molecule has 1 aromatic heterocycles. The van der Waals surface area contributed by atoms with Crippen LogP contribution in [0.25, 0.3) is 0 Å². The fourth-order valence-electron chi connectivity index (χ4n) is 2.65. The van der Waals surface area contributed by atoms with Crippen molar-refractivity contribution in [1.82, 2.24) is 20.2 Å². The molecule has 0 saturated carbocycles. The SMILES string of the molecule is CC(C)CNC(=O)c1nc(C(=O)NCC(C)C)n2c1CCCC2. The molecular weight excluding hydrogens is 292 g/mol. The summed E-state index contributed by atoms with van der Waals surface area (Å²) < 4.78 is 1.92. The maximum absolute atomic E-state index is 12.4. The predicted octanol–water partition coefficient (Wildman–Crippen LogP) is 1.99. The summed E-state index contributed by atoms with van der Waals surface area (Å²) in [7, 11) is 0. The molecule has 0 saturated heterocycles. The smallest absolute Gasteiger partial charge is 0.287 e. The van der Waals surface area contributed by atoms with Gasteiger partial charge in [0, 0.05) is 19.6 Å². The van der Waals surface area contributed by atoms with Crippen molar-refractivity contribution in [3.63, 3.8) is 0 Å². The van der Waals surface area contributed by atoms with Gasteiger partial charge in [-0.3, -0.25) is 9.59 Å². The number of nitrogens with one attached hydrogen (secondary N) is 2. The first-order valence-electron chi connectivity index (χ1n) is 8.56. The van der Waals surface area contributed by atoms with Gasteiger partial charge in [0.1, 0.15) is 5.69 Å². The minimum atomic E-state index is -0.190. The van der Waals surface area contributed by atoms with Gasteiger partial charge in [0.15, 0.2) is 5.82 Å². The first-order valence-corrected chi connectivity index (χ1v) is 8.56. The summed E-state index contributed by atoms with van der Waals surface area (Å²) in [6.07, 6.45) is 2.85. The van der Waals surface area contributed by atoms with Crippen LogP contribution < -0.4 is 10.6 Å². The van der Waals surface area contributed by atoms with Gasteiger partial charge in [-0.05, 0) is 31.1 Å². The second-order valence-corrected chi connectivity index (χ2v) is 7.05. The number of carbonyl (C=O) groups excluding carboxylic acids is 2. The molecule has 0 bridgehead atoms. The van der Waals surface area contributed by atoms with Gasteiger partial charge in [-0.15, -0.1) is 0 Å². The van der Waals surface area contributed by atoms with Gasteiger partial charge in [-0.1, -0.05) is 27.7 Å². The van der Waals surface area contributed by atoms with Crippen LogP contribution in [0.3, 0.4) is 0 Å². The highest BCUT2D eigenvalue weighted by Crippen LogP contribution is 2.21. The third-order valence-electron chi connectivity index (χ3n) is 3.88. The van der Waals surface area contributed by atoms with Gasteiger partial charge >= 0.3 is 0 Å². The zero-order valence-electron chi connectivity index (χ0n) is 14.6. The number of carbonyl (C=O) groups is 2. The number of nitrogens with zero attached hydrogens (tertiary/aromatic N) is 2. The highest BCUT2D eigenvalue weighted by atomic mass is 16.2. The fourth-order valence-corrected chi connectivity index (χ4v) is 2.65. The largest absolute Gasteiger partial charge is 0.350 e. The van der Waals surface area contributed by atoms with E-state index < -0.39 is 0 Å². The lowest BCUT2D eigenvalue weighted by Crippen LogP contribution is -2.30. The topological polar surface area (TPSA) is 76.0 Å². The van der Waals surface area contributed by atoms with Crippen molar-refractivity contribution in [1.29, 1.82) is 0 Å². The van der Waals surface area contributed by atoms with E-state index in [0.717, 1.165) is 31.5 Å². The zero-order valence-corrected chi connectivity index (χ0v) is 14.6. The number of hydrogen-bond donors (Lipinski definition) is 2. The van der Waals surface area contributed by atoms with E-state index in [2.05, 4.69) is 15.6 Å². The number of amides is 2. The Morgan fingerprint density at radius 1 is 1.04 bits per heavy atom. The molecule has 0 aromatic carbocycles. The number of hydrogen-bond acceptors (Lipinski definition) is 3. The van der Waals surface area contributed by atoms with Gasteiger partial charge in [-0.25, -0.2) is 4.98 Å². The van der Waals surface area contributed by atoms with Crippen LogP contribution in [-0.2, 0) is 13.0 Å². The summed E-state index contributed by atoms with van der Waals surface area (Å²) in [4.78, 5) is 29.2. The van der Waals surface area contributed by atoms with Crippen molar-refractivity contribution in [2.75, 3.05) is 13.1 Å². The molecular formula is C17H28N4O2. The molecule has 6 heteroatoms. The van der Waals surface area contributed by atoms with E-state index in [4.69, 9.17) is 0 Å².